The molecule has 1 saturated carbocycles. The zero-order valence-corrected chi connectivity index (χ0v) is 13.7. The number of aromatic nitrogens is 2. The first-order chi connectivity index (χ1) is 11.2. The van der Waals surface area contributed by atoms with Crippen LogP contribution < -0.4 is 0 Å². The van der Waals surface area contributed by atoms with Crippen molar-refractivity contribution < 1.29 is 4.79 Å². The van der Waals surface area contributed by atoms with Gasteiger partial charge in [0.15, 0.2) is 0 Å². The van der Waals surface area contributed by atoms with Gasteiger partial charge in [-0.2, -0.15) is 0 Å². The average molecular weight is 311 g/mol. The van der Waals surface area contributed by atoms with E-state index in [1.807, 2.05) is 11.9 Å². The van der Waals surface area contributed by atoms with Crippen molar-refractivity contribution in [3.63, 3.8) is 0 Å². The predicted molar refractivity (Wildman–Crippen MR) is 91.0 cm³/mol. The summed E-state index contributed by atoms with van der Waals surface area (Å²) in [4.78, 5) is 21.6. The van der Waals surface area contributed by atoms with Gasteiger partial charge in [0.2, 0.25) is 5.91 Å². The first-order valence-corrected chi connectivity index (χ1v) is 8.51. The second kappa shape index (κ2) is 7.44. The monoisotopic (exact) mass is 311 g/mol. The number of aryl methyl sites for hydroxylation is 1. The number of H-pyrrole nitrogens is 1. The number of hydrogen-bond acceptors (Lipinski definition) is 2. The standard InChI is InChI=1S/C19H25N3O/c1-22(19(23)11-10-17-13-20-14-21-17)18-9-5-8-16(18)12-15-6-3-2-4-7-15/h2-4,6-7,13-14,16,18H,5,8-12H2,1H3,(H,20,21)/t16-,18+/m1/s1. The summed E-state index contributed by atoms with van der Waals surface area (Å²) in [5.41, 5.74) is 2.40. The first kappa shape index (κ1) is 15.8. The number of hydrogen-bond donors (Lipinski definition) is 1. The number of amides is 1. The molecule has 1 aromatic heterocycles. The molecule has 0 unspecified atom stereocenters. The molecule has 4 nitrogen and oxygen atoms in total. The zero-order valence-electron chi connectivity index (χ0n) is 13.7. The third-order valence-electron chi connectivity index (χ3n) is 5.01. The van der Waals surface area contributed by atoms with Crippen molar-refractivity contribution in [2.45, 2.75) is 44.6 Å². The molecule has 2 aromatic rings. The van der Waals surface area contributed by atoms with Gasteiger partial charge in [-0.1, -0.05) is 36.8 Å². The molecular weight excluding hydrogens is 286 g/mol. The Balaban J connectivity index is 1.56. The molecule has 0 radical (unpaired) electrons. The van der Waals surface area contributed by atoms with E-state index in [0.29, 0.717) is 18.4 Å². The molecular formula is C19H25N3O. The van der Waals surface area contributed by atoms with E-state index in [4.69, 9.17) is 0 Å². The highest BCUT2D eigenvalue weighted by Crippen LogP contribution is 2.32. The SMILES string of the molecule is CN(C(=O)CCc1cnc[nH]1)[C@H]1CCC[C@@H]1Cc1ccccc1. The van der Waals surface area contributed by atoms with Gasteiger partial charge in [-0.15, -0.1) is 0 Å². The van der Waals surface area contributed by atoms with Crippen molar-refractivity contribution in [1.82, 2.24) is 14.9 Å². The van der Waals surface area contributed by atoms with Crippen LogP contribution in [0.15, 0.2) is 42.9 Å². The Morgan fingerprint density at radius 2 is 2.13 bits per heavy atom. The van der Waals surface area contributed by atoms with Crippen molar-refractivity contribution in [3.05, 3.63) is 54.1 Å². The Morgan fingerprint density at radius 3 is 2.87 bits per heavy atom. The van der Waals surface area contributed by atoms with Crippen molar-refractivity contribution in [2.24, 2.45) is 5.92 Å². The summed E-state index contributed by atoms with van der Waals surface area (Å²) in [5, 5.41) is 0. The molecule has 1 aliphatic carbocycles. The largest absolute Gasteiger partial charge is 0.348 e. The van der Waals surface area contributed by atoms with Crippen LogP contribution in [0.5, 0.6) is 0 Å². The molecule has 1 fully saturated rings. The lowest BCUT2D eigenvalue weighted by atomic mass is 9.93. The van der Waals surface area contributed by atoms with Gasteiger partial charge >= 0.3 is 0 Å². The van der Waals surface area contributed by atoms with Gasteiger partial charge in [-0.3, -0.25) is 4.79 Å². The molecule has 0 spiro atoms. The molecule has 1 aliphatic rings. The first-order valence-electron chi connectivity index (χ1n) is 8.51. The average Bonchev–Trinajstić information content (AvgIpc) is 3.24. The fraction of sp³-hybridized carbons (Fsp3) is 0.474. The van der Waals surface area contributed by atoms with E-state index >= 15 is 0 Å². The molecule has 122 valence electrons. The van der Waals surface area contributed by atoms with Crippen LogP contribution in [0.1, 0.15) is 36.9 Å². The maximum absolute atomic E-state index is 12.5. The Morgan fingerprint density at radius 1 is 1.30 bits per heavy atom. The number of aromatic amines is 1. The van der Waals surface area contributed by atoms with E-state index in [2.05, 4.69) is 40.3 Å². The Kier molecular flexibility index (Phi) is 5.11. The summed E-state index contributed by atoms with van der Waals surface area (Å²) < 4.78 is 0. The van der Waals surface area contributed by atoms with Crippen LogP contribution in [0.4, 0.5) is 0 Å². The highest BCUT2D eigenvalue weighted by atomic mass is 16.2. The van der Waals surface area contributed by atoms with E-state index in [0.717, 1.165) is 25.0 Å². The molecule has 1 amide bonds. The maximum atomic E-state index is 12.5. The smallest absolute Gasteiger partial charge is 0.222 e. The number of carbonyl (C=O) groups is 1. The predicted octanol–water partition coefficient (Wildman–Crippen LogP) is 3.21. The van der Waals surface area contributed by atoms with Crippen LogP contribution in [-0.4, -0.2) is 33.9 Å². The van der Waals surface area contributed by atoms with Crippen LogP contribution in [-0.2, 0) is 17.6 Å². The van der Waals surface area contributed by atoms with Crippen LogP contribution in [0.2, 0.25) is 0 Å². The lowest BCUT2D eigenvalue weighted by Crippen LogP contribution is -2.40. The number of nitrogens with zero attached hydrogens (tertiary/aromatic N) is 2. The molecule has 1 aromatic carbocycles. The zero-order chi connectivity index (χ0) is 16.1. The summed E-state index contributed by atoms with van der Waals surface area (Å²) in [7, 11) is 1.98. The lowest BCUT2D eigenvalue weighted by molar-refractivity contribution is -0.132. The Bertz CT molecular complexity index is 609. The van der Waals surface area contributed by atoms with Crippen LogP contribution >= 0.6 is 0 Å². The van der Waals surface area contributed by atoms with Gasteiger partial charge in [0, 0.05) is 31.4 Å². The van der Waals surface area contributed by atoms with Crippen LogP contribution in [0, 0.1) is 5.92 Å². The second-order valence-electron chi connectivity index (χ2n) is 6.53. The van der Waals surface area contributed by atoms with Gasteiger partial charge in [0.25, 0.3) is 0 Å². The highest BCUT2D eigenvalue weighted by Gasteiger charge is 2.32. The minimum Gasteiger partial charge on any atom is -0.348 e. The fourth-order valence-corrected chi connectivity index (χ4v) is 3.71. The minimum absolute atomic E-state index is 0.240. The van der Waals surface area contributed by atoms with Gasteiger partial charge in [-0.25, -0.2) is 4.98 Å². The number of nitrogens with one attached hydrogen (secondary N) is 1. The summed E-state index contributed by atoms with van der Waals surface area (Å²) in [5.74, 6) is 0.822. The summed E-state index contributed by atoms with van der Waals surface area (Å²) in [6, 6.07) is 11.0. The van der Waals surface area contributed by atoms with Gasteiger partial charge in [0.1, 0.15) is 0 Å². The van der Waals surface area contributed by atoms with E-state index in [1.54, 1.807) is 12.5 Å². The fourth-order valence-electron chi connectivity index (χ4n) is 3.71. The molecule has 1 heterocycles. The Labute approximate surface area is 137 Å². The second-order valence-corrected chi connectivity index (χ2v) is 6.53. The summed E-state index contributed by atoms with van der Waals surface area (Å²) in [6.07, 6.45) is 9.38. The third kappa shape index (κ3) is 4.01. The molecule has 0 bridgehead atoms. The summed E-state index contributed by atoms with van der Waals surface area (Å²) >= 11 is 0. The minimum atomic E-state index is 0.240. The van der Waals surface area contributed by atoms with Crippen LogP contribution in [0.25, 0.3) is 0 Å². The van der Waals surface area contributed by atoms with Gasteiger partial charge in [-0.05, 0) is 37.2 Å². The highest BCUT2D eigenvalue weighted by molar-refractivity contribution is 5.76. The van der Waals surface area contributed by atoms with E-state index in [9.17, 15) is 4.79 Å². The number of benzene rings is 1. The molecule has 2 atom stereocenters. The molecule has 23 heavy (non-hydrogen) atoms. The normalized spacial score (nSPS) is 20.6. The Hall–Kier alpha value is -2.10. The maximum Gasteiger partial charge on any atom is 0.222 e. The van der Waals surface area contributed by atoms with Crippen molar-refractivity contribution >= 4 is 5.91 Å². The number of imidazole rings is 1. The summed E-state index contributed by atoms with van der Waals surface area (Å²) in [6.45, 7) is 0. The van der Waals surface area contributed by atoms with Gasteiger partial charge in [0.05, 0.1) is 6.33 Å². The van der Waals surface area contributed by atoms with E-state index in [-0.39, 0.29) is 5.91 Å². The van der Waals surface area contributed by atoms with Crippen molar-refractivity contribution in [1.29, 1.82) is 0 Å². The molecule has 0 saturated heterocycles. The topological polar surface area (TPSA) is 49.0 Å². The molecule has 4 heteroatoms. The molecule has 0 aliphatic heterocycles. The quantitative estimate of drug-likeness (QED) is 0.890. The van der Waals surface area contributed by atoms with Crippen LogP contribution in [0.3, 0.4) is 0 Å². The number of carbonyl (C=O) groups excluding carboxylic acids is 1. The third-order valence-corrected chi connectivity index (χ3v) is 5.01. The molecule has 1 N–H and O–H groups in total. The lowest BCUT2D eigenvalue weighted by Gasteiger charge is -2.30. The van der Waals surface area contributed by atoms with E-state index in [1.165, 1.54) is 18.4 Å². The van der Waals surface area contributed by atoms with Crippen molar-refractivity contribution in [3.8, 4) is 0 Å². The van der Waals surface area contributed by atoms with Gasteiger partial charge < -0.3 is 9.88 Å². The molecule has 3 rings (SSSR count). The number of rotatable bonds is 6. The van der Waals surface area contributed by atoms with Crippen molar-refractivity contribution in [2.75, 3.05) is 7.05 Å². The van der Waals surface area contributed by atoms with E-state index < -0.39 is 0 Å².